The van der Waals surface area contributed by atoms with Crippen LogP contribution in [0.1, 0.15) is 35.3 Å². The molecule has 5 heteroatoms. The average molecular weight is 338 g/mol. The van der Waals surface area contributed by atoms with Gasteiger partial charge >= 0.3 is 0 Å². The molecule has 1 unspecified atom stereocenters. The number of benzene rings is 2. The van der Waals surface area contributed by atoms with E-state index in [-0.39, 0.29) is 17.0 Å². The highest BCUT2D eigenvalue weighted by Crippen LogP contribution is 2.27. The number of halogens is 2. The third-order valence-corrected chi connectivity index (χ3v) is 4.25. The fraction of sp³-hybridized carbons (Fsp3) is 0.235. The van der Waals surface area contributed by atoms with Gasteiger partial charge in [-0.05, 0) is 36.2 Å². The van der Waals surface area contributed by atoms with E-state index in [1.807, 2.05) is 31.2 Å². The molecule has 0 aromatic heterocycles. The highest BCUT2D eigenvalue weighted by molar-refractivity contribution is 6.43. The van der Waals surface area contributed by atoms with Crippen molar-refractivity contribution in [2.45, 2.75) is 19.4 Å². The summed E-state index contributed by atoms with van der Waals surface area (Å²) in [6.07, 6.45) is 0.760. The largest absolute Gasteiger partial charge is 0.497 e. The molecule has 0 fully saturated rings. The Morgan fingerprint density at radius 2 is 1.86 bits per heavy atom. The normalized spacial score (nSPS) is 11.8. The van der Waals surface area contributed by atoms with Gasteiger partial charge in [-0.1, -0.05) is 48.3 Å². The van der Waals surface area contributed by atoms with Gasteiger partial charge in [-0.3, -0.25) is 4.79 Å². The van der Waals surface area contributed by atoms with Crippen molar-refractivity contribution in [2.75, 3.05) is 7.11 Å². The van der Waals surface area contributed by atoms with Crippen LogP contribution < -0.4 is 10.1 Å². The third-order valence-electron chi connectivity index (χ3n) is 3.43. The molecule has 3 nitrogen and oxygen atoms in total. The van der Waals surface area contributed by atoms with Gasteiger partial charge < -0.3 is 10.1 Å². The number of ether oxygens (including phenoxy) is 1. The fourth-order valence-corrected chi connectivity index (χ4v) is 2.56. The molecule has 0 radical (unpaired) electrons. The average Bonchev–Trinajstić information content (AvgIpc) is 2.55. The minimum atomic E-state index is -0.241. The number of hydrogen-bond donors (Lipinski definition) is 1. The van der Waals surface area contributed by atoms with Crippen LogP contribution in [0.5, 0.6) is 5.75 Å². The number of methoxy groups -OCH3 is 1. The molecule has 1 amide bonds. The first-order valence-corrected chi connectivity index (χ1v) is 7.71. The number of rotatable bonds is 5. The Balaban J connectivity index is 2.18. The molecule has 0 aliphatic rings. The van der Waals surface area contributed by atoms with Gasteiger partial charge in [-0.25, -0.2) is 0 Å². The molecule has 0 bridgehead atoms. The van der Waals surface area contributed by atoms with Crippen LogP contribution in [0.25, 0.3) is 0 Å². The molecule has 2 aromatic rings. The fourth-order valence-electron chi connectivity index (χ4n) is 2.17. The Labute approximate surface area is 140 Å². The summed E-state index contributed by atoms with van der Waals surface area (Å²) in [5.74, 6) is 0.540. The molecule has 0 spiro atoms. The molecule has 0 aliphatic heterocycles. The first-order chi connectivity index (χ1) is 10.6. The highest BCUT2D eigenvalue weighted by Gasteiger charge is 2.17. The van der Waals surface area contributed by atoms with Gasteiger partial charge in [0.2, 0.25) is 0 Å². The van der Waals surface area contributed by atoms with E-state index in [2.05, 4.69) is 5.32 Å². The molecule has 2 rings (SSSR count). The topological polar surface area (TPSA) is 38.3 Å². The zero-order valence-corrected chi connectivity index (χ0v) is 13.9. The first kappa shape index (κ1) is 16.7. The van der Waals surface area contributed by atoms with E-state index in [1.165, 1.54) is 0 Å². The van der Waals surface area contributed by atoms with Crippen LogP contribution in [0.2, 0.25) is 10.0 Å². The van der Waals surface area contributed by atoms with Gasteiger partial charge in [0.15, 0.2) is 0 Å². The second kappa shape index (κ2) is 7.52. The Bertz CT molecular complexity index is 656. The maximum Gasteiger partial charge on any atom is 0.253 e. The van der Waals surface area contributed by atoms with Gasteiger partial charge in [-0.15, -0.1) is 0 Å². The second-order valence-corrected chi connectivity index (χ2v) is 5.59. The molecule has 1 N–H and O–H groups in total. The van der Waals surface area contributed by atoms with Gasteiger partial charge in [-0.2, -0.15) is 0 Å². The summed E-state index contributed by atoms with van der Waals surface area (Å²) < 4.78 is 5.14. The summed E-state index contributed by atoms with van der Waals surface area (Å²) in [7, 11) is 1.62. The standard InChI is InChI=1S/C17H17Cl2NO2/c1-3-15(11-7-9-12(22-2)10-8-11)20-17(21)13-5-4-6-14(18)16(13)19/h4-10,15H,3H2,1-2H3,(H,20,21). The molecule has 0 saturated heterocycles. The molecule has 2 aromatic carbocycles. The first-order valence-electron chi connectivity index (χ1n) is 6.95. The lowest BCUT2D eigenvalue weighted by molar-refractivity contribution is 0.0935. The van der Waals surface area contributed by atoms with E-state index in [4.69, 9.17) is 27.9 Å². The van der Waals surface area contributed by atoms with E-state index >= 15 is 0 Å². The maximum atomic E-state index is 12.4. The van der Waals surface area contributed by atoms with Crippen LogP contribution in [-0.2, 0) is 0 Å². The van der Waals surface area contributed by atoms with Gasteiger partial charge in [0, 0.05) is 0 Å². The van der Waals surface area contributed by atoms with Crippen LogP contribution in [0.15, 0.2) is 42.5 Å². The van der Waals surface area contributed by atoms with Crippen molar-refractivity contribution >= 4 is 29.1 Å². The molecule has 0 saturated carbocycles. The van der Waals surface area contributed by atoms with Gasteiger partial charge in [0.05, 0.1) is 28.8 Å². The monoisotopic (exact) mass is 337 g/mol. The predicted molar refractivity (Wildman–Crippen MR) is 90.0 cm³/mol. The van der Waals surface area contributed by atoms with Crippen LogP contribution >= 0.6 is 23.2 Å². The summed E-state index contributed by atoms with van der Waals surface area (Å²) in [5, 5.41) is 3.62. The van der Waals surface area contributed by atoms with Crippen molar-refractivity contribution < 1.29 is 9.53 Å². The molecule has 0 aliphatic carbocycles. The highest BCUT2D eigenvalue weighted by atomic mass is 35.5. The van der Waals surface area contributed by atoms with Crippen LogP contribution in [0, 0.1) is 0 Å². The zero-order valence-electron chi connectivity index (χ0n) is 12.4. The van der Waals surface area contributed by atoms with Crippen molar-refractivity contribution in [1.29, 1.82) is 0 Å². The number of nitrogens with one attached hydrogen (secondary N) is 1. The molecule has 22 heavy (non-hydrogen) atoms. The third kappa shape index (κ3) is 3.73. The van der Waals surface area contributed by atoms with E-state index in [1.54, 1.807) is 25.3 Å². The Morgan fingerprint density at radius 3 is 2.45 bits per heavy atom. The van der Waals surface area contributed by atoms with Crippen molar-refractivity contribution in [3.8, 4) is 5.75 Å². The SMILES string of the molecule is CCC(NC(=O)c1cccc(Cl)c1Cl)c1ccc(OC)cc1. The van der Waals surface area contributed by atoms with E-state index in [9.17, 15) is 4.79 Å². The lowest BCUT2D eigenvalue weighted by Crippen LogP contribution is -2.28. The summed E-state index contributed by atoms with van der Waals surface area (Å²) in [5.41, 5.74) is 1.39. The Morgan fingerprint density at radius 1 is 1.18 bits per heavy atom. The van der Waals surface area contributed by atoms with Gasteiger partial charge in [0.1, 0.15) is 5.75 Å². The second-order valence-electron chi connectivity index (χ2n) is 4.81. The van der Waals surface area contributed by atoms with Crippen LogP contribution in [0.3, 0.4) is 0 Å². The quantitative estimate of drug-likeness (QED) is 0.843. The van der Waals surface area contributed by atoms with Crippen LogP contribution in [-0.4, -0.2) is 13.0 Å². The lowest BCUT2D eigenvalue weighted by atomic mass is 10.0. The molecule has 0 heterocycles. The van der Waals surface area contributed by atoms with Crippen molar-refractivity contribution in [3.05, 3.63) is 63.6 Å². The van der Waals surface area contributed by atoms with E-state index in [0.29, 0.717) is 10.6 Å². The molecular formula is C17H17Cl2NO2. The summed E-state index contributed by atoms with van der Waals surface area (Å²) in [4.78, 5) is 12.4. The zero-order chi connectivity index (χ0) is 16.1. The van der Waals surface area contributed by atoms with Crippen LogP contribution in [0.4, 0.5) is 0 Å². The van der Waals surface area contributed by atoms with Gasteiger partial charge in [0.25, 0.3) is 5.91 Å². The predicted octanol–water partition coefficient (Wildman–Crippen LogP) is 4.88. The molecule has 1 atom stereocenters. The smallest absolute Gasteiger partial charge is 0.253 e. The van der Waals surface area contributed by atoms with Crippen molar-refractivity contribution in [3.63, 3.8) is 0 Å². The number of carbonyl (C=O) groups is 1. The summed E-state index contributed by atoms with van der Waals surface area (Å²) >= 11 is 12.0. The van der Waals surface area contributed by atoms with E-state index < -0.39 is 0 Å². The minimum Gasteiger partial charge on any atom is -0.497 e. The molecular weight excluding hydrogens is 321 g/mol. The van der Waals surface area contributed by atoms with Crippen molar-refractivity contribution in [2.24, 2.45) is 0 Å². The summed E-state index contributed by atoms with van der Waals surface area (Å²) in [6.45, 7) is 2.01. The summed E-state index contributed by atoms with van der Waals surface area (Å²) in [6, 6.07) is 12.5. The Hall–Kier alpha value is -1.71. The minimum absolute atomic E-state index is 0.103. The Kier molecular flexibility index (Phi) is 5.69. The maximum absolute atomic E-state index is 12.4. The molecule has 116 valence electrons. The van der Waals surface area contributed by atoms with Crippen molar-refractivity contribution in [1.82, 2.24) is 5.32 Å². The number of amides is 1. The van der Waals surface area contributed by atoms with E-state index in [0.717, 1.165) is 17.7 Å². The number of carbonyl (C=O) groups excluding carboxylic acids is 1. The lowest BCUT2D eigenvalue weighted by Gasteiger charge is -2.18. The number of hydrogen-bond acceptors (Lipinski definition) is 2.